The van der Waals surface area contributed by atoms with Crippen LogP contribution in [0.4, 0.5) is 0 Å². The lowest BCUT2D eigenvalue weighted by Gasteiger charge is -2.49. The maximum absolute atomic E-state index is 14.8. The normalized spacial score (nSPS) is 23.0. The highest BCUT2D eigenvalue weighted by molar-refractivity contribution is 6.16. The van der Waals surface area contributed by atoms with Crippen molar-refractivity contribution in [2.45, 2.75) is 50.7 Å². The predicted molar refractivity (Wildman–Crippen MR) is 188 cm³/mol. The van der Waals surface area contributed by atoms with Crippen LogP contribution in [0.25, 0.3) is 0 Å². The Kier molecular flexibility index (Phi) is 8.99. The molecular weight excluding hydrogens is 650 g/mol. The van der Waals surface area contributed by atoms with Gasteiger partial charge in [0.25, 0.3) is 5.88 Å². The summed E-state index contributed by atoms with van der Waals surface area (Å²) < 4.78 is 24.2. The summed E-state index contributed by atoms with van der Waals surface area (Å²) in [5, 5.41) is 28.7. The van der Waals surface area contributed by atoms with Gasteiger partial charge >= 0.3 is 0 Å². The number of carbonyl (C=O) groups is 2. The fourth-order valence-corrected chi connectivity index (χ4v) is 7.99. The second-order valence-electron chi connectivity index (χ2n) is 14.1. The lowest BCUT2D eigenvalue weighted by molar-refractivity contribution is -0.0559. The summed E-state index contributed by atoms with van der Waals surface area (Å²) in [5.41, 5.74) is 1.05. The van der Waals surface area contributed by atoms with E-state index in [1.165, 1.54) is 0 Å². The number of fused-ring (bicyclic) bond motifs is 4. The third-order valence-corrected chi connectivity index (χ3v) is 10.7. The highest BCUT2D eigenvalue weighted by Crippen LogP contribution is 2.57. The number of aliphatic hydroxyl groups is 2. The van der Waals surface area contributed by atoms with E-state index >= 15 is 0 Å². The highest BCUT2D eigenvalue weighted by atomic mass is 16.5. The Hall–Kier alpha value is -4.97. The SMILES string of the molecule is COc1c([C@H](C)N(C)C)cc(OCc2ccccc2)c2c1C[C@H]1C[C@H]3[C@H](N(C)C)c4onc(OCc5ccccc5)c4C(=O)[C@@]3(O)C(O)=C1C2=O. The highest BCUT2D eigenvalue weighted by Gasteiger charge is 2.64. The van der Waals surface area contributed by atoms with Gasteiger partial charge < -0.3 is 33.8 Å². The van der Waals surface area contributed by atoms with Gasteiger partial charge in [-0.25, -0.2) is 0 Å². The Balaban J connectivity index is 1.35. The van der Waals surface area contributed by atoms with Gasteiger partial charge in [-0.3, -0.25) is 14.5 Å². The molecule has 3 aliphatic rings. The topological polar surface area (TPSA) is 135 Å². The van der Waals surface area contributed by atoms with Gasteiger partial charge in [-0.2, -0.15) is 0 Å². The van der Waals surface area contributed by atoms with Gasteiger partial charge in [-0.15, -0.1) is 0 Å². The third kappa shape index (κ3) is 5.60. The van der Waals surface area contributed by atoms with Crippen LogP contribution in [-0.4, -0.2) is 77.6 Å². The minimum Gasteiger partial charge on any atom is -0.508 e. The van der Waals surface area contributed by atoms with E-state index in [1.807, 2.05) is 99.8 Å². The number of ketones is 2. The maximum atomic E-state index is 14.8. The van der Waals surface area contributed by atoms with Gasteiger partial charge in [0, 0.05) is 28.7 Å². The average molecular weight is 694 g/mol. The van der Waals surface area contributed by atoms with Crippen LogP contribution in [0.2, 0.25) is 0 Å². The molecule has 5 atom stereocenters. The molecule has 0 bridgehead atoms. The second-order valence-corrected chi connectivity index (χ2v) is 14.1. The quantitative estimate of drug-likeness (QED) is 0.206. The number of methoxy groups -OCH3 is 1. The van der Waals surface area contributed by atoms with Gasteiger partial charge in [-0.05, 0) is 76.2 Å². The molecule has 0 amide bonds. The lowest BCUT2D eigenvalue weighted by Crippen LogP contribution is -2.59. The zero-order valence-electron chi connectivity index (χ0n) is 29.7. The number of hydrogen-bond donors (Lipinski definition) is 2. The van der Waals surface area contributed by atoms with Gasteiger partial charge in [0.2, 0.25) is 5.78 Å². The average Bonchev–Trinajstić information content (AvgIpc) is 3.54. The summed E-state index contributed by atoms with van der Waals surface area (Å²) in [6.07, 6.45) is 0.516. The first-order valence-corrected chi connectivity index (χ1v) is 17.1. The zero-order valence-corrected chi connectivity index (χ0v) is 29.7. The Morgan fingerprint density at radius 1 is 0.961 bits per heavy atom. The van der Waals surface area contributed by atoms with Crippen molar-refractivity contribution in [3.05, 3.63) is 117 Å². The molecule has 4 aromatic rings. The molecule has 0 saturated carbocycles. The summed E-state index contributed by atoms with van der Waals surface area (Å²) >= 11 is 0. The first-order valence-electron chi connectivity index (χ1n) is 17.1. The van der Waals surface area contributed by atoms with E-state index in [0.717, 1.165) is 16.7 Å². The largest absolute Gasteiger partial charge is 0.508 e. The Labute approximate surface area is 297 Å². The molecule has 2 N–H and O–H groups in total. The fraction of sp³-hybridized carbons (Fsp3) is 0.375. The number of carbonyl (C=O) groups excluding carboxylic acids is 2. The van der Waals surface area contributed by atoms with Crippen LogP contribution < -0.4 is 14.2 Å². The van der Waals surface area contributed by atoms with E-state index in [0.29, 0.717) is 23.5 Å². The smallest absolute Gasteiger partial charge is 0.265 e. The fourth-order valence-electron chi connectivity index (χ4n) is 7.99. The van der Waals surface area contributed by atoms with Gasteiger partial charge in [-0.1, -0.05) is 60.7 Å². The molecular formula is C40H43N3O8. The van der Waals surface area contributed by atoms with Crippen molar-refractivity contribution in [3.8, 4) is 17.4 Å². The summed E-state index contributed by atoms with van der Waals surface area (Å²) in [7, 11) is 9.14. The number of benzene rings is 3. The molecule has 0 unspecified atom stereocenters. The molecule has 0 radical (unpaired) electrons. The zero-order chi connectivity index (χ0) is 36.2. The van der Waals surface area contributed by atoms with Crippen LogP contribution in [0, 0.1) is 11.8 Å². The van der Waals surface area contributed by atoms with Crippen molar-refractivity contribution in [2.75, 3.05) is 35.3 Å². The predicted octanol–water partition coefficient (Wildman–Crippen LogP) is 5.88. The monoisotopic (exact) mass is 693 g/mol. The number of ether oxygens (including phenoxy) is 3. The molecule has 1 aromatic heterocycles. The Morgan fingerprint density at radius 2 is 1.59 bits per heavy atom. The number of hydrogen-bond acceptors (Lipinski definition) is 11. The molecule has 11 heteroatoms. The molecule has 0 spiro atoms. The van der Waals surface area contributed by atoms with Gasteiger partial charge in [0.05, 0.1) is 18.7 Å². The summed E-state index contributed by atoms with van der Waals surface area (Å²) in [6.45, 7) is 2.36. The van der Waals surface area contributed by atoms with E-state index in [-0.39, 0.29) is 54.0 Å². The standard InChI is InChI=1S/C40H43N3O8/c1-22(42(2)3)26-19-29(49-20-23-13-9-7-10-14-23)31-27(35(26)48-6)17-25-18-28-33(43(4)5)36-32(38(46)40(28,47)37(45)30(25)34(31)44)39(41-51-36)50-21-24-15-11-8-12-16-24/h7-16,19,22,25,28,33,45,47H,17-18,20-21H2,1-6H3/t22-,25-,28-,33-,40-/m0/s1. The van der Waals surface area contributed by atoms with Crippen LogP contribution in [0.15, 0.2) is 82.6 Å². The van der Waals surface area contributed by atoms with Gasteiger partial charge in [0.1, 0.15) is 36.0 Å². The van der Waals surface area contributed by atoms with E-state index < -0.39 is 40.8 Å². The lowest BCUT2D eigenvalue weighted by atomic mass is 9.58. The minimum atomic E-state index is -2.44. The van der Waals surface area contributed by atoms with Crippen molar-refractivity contribution >= 4 is 11.6 Å². The molecule has 3 aromatic carbocycles. The van der Waals surface area contributed by atoms with Crippen LogP contribution in [0.1, 0.15) is 74.2 Å². The number of aromatic nitrogens is 1. The van der Waals surface area contributed by atoms with Crippen LogP contribution in [-0.2, 0) is 19.6 Å². The number of rotatable bonds is 10. The van der Waals surface area contributed by atoms with Crippen LogP contribution in [0.5, 0.6) is 17.4 Å². The summed E-state index contributed by atoms with van der Waals surface area (Å²) in [6, 6.07) is 20.1. The number of allylic oxidation sites excluding steroid dienone is 1. The number of aliphatic hydroxyl groups excluding tert-OH is 1. The van der Waals surface area contributed by atoms with E-state index in [2.05, 4.69) is 17.0 Å². The summed E-state index contributed by atoms with van der Waals surface area (Å²) in [5.74, 6) is -2.31. The van der Waals surface area contributed by atoms with Crippen molar-refractivity contribution in [1.29, 1.82) is 0 Å². The molecule has 1 heterocycles. The first kappa shape index (κ1) is 34.5. The second kappa shape index (κ2) is 13.3. The molecule has 11 nitrogen and oxygen atoms in total. The van der Waals surface area contributed by atoms with Crippen molar-refractivity contribution in [1.82, 2.24) is 15.0 Å². The Morgan fingerprint density at radius 3 is 2.18 bits per heavy atom. The van der Waals surface area contributed by atoms with Crippen molar-refractivity contribution in [2.24, 2.45) is 11.8 Å². The third-order valence-electron chi connectivity index (χ3n) is 10.7. The summed E-state index contributed by atoms with van der Waals surface area (Å²) in [4.78, 5) is 33.1. The minimum absolute atomic E-state index is 0.00112. The van der Waals surface area contributed by atoms with E-state index in [9.17, 15) is 19.8 Å². The molecule has 51 heavy (non-hydrogen) atoms. The Bertz CT molecular complexity index is 2000. The molecule has 3 aliphatic carbocycles. The molecule has 266 valence electrons. The number of nitrogens with zero attached hydrogens (tertiary/aromatic N) is 3. The van der Waals surface area contributed by atoms with E-state index in [4.69, 9.17) is 18.7 Å². The molecule has 0 aliphatic heterocycles. The van der Waals surface area contributed by atoms with Crippen LogP contribution >= 0.6 is 0 Å². The molecule has 0 saturated heterocycles. The molecule has 0 fully saturated rings. The van der Waals surface area contributed by atoms with Gasteiger partial charge in [0.15, 0.2) is 17.1 Å². The van der Waals surface area contributed by atoms with Crippen molar-refractivity contribution in [3.63, 3.8) is 0 Å². The maximum Gasteiger partial charge on any atom is 0.265 e. The first-order chi connectivity index (χ1) is 24.5. The van der Waals surface area contributed by atoms with Crippen LogP contribution in [0.3, 0.4) is 0 Å². The molecule has 7 rings (SSSR count). The van der Waals surface area contributed by atoms with Crippen molar-refractivity contribution < 1.29 is 38.5 Å². The number of Topliss-reactive ketones (excluding diaryl/α,β-unsaturated/α-hetero) is 2. The van der Waals surface area contributed by atoms with E-state index in [1.54, 1.807) is 7.11 Å².